The molecule has 2 aromatic carbocycles. The van der Waals surface area contributed by atoms with Gasteiger partial charge in [0.1, 0.15) is 5.37 Å². The number of fused-ring (bicyclic) bond motifs is 1. The predicted molar refractivity (Wildman–Crippen MR) is 115 cm³/mol. The van der Waals surface area contributed by atoms with E-state index in [4.69, 9.17) is 11.6 Å². The third-order valence-electron chi connectivity index (χ3n) is 4.59. The Balaban J connectivity index is 1.55. The predicted octanol–water partition coefficient (Wildman–Crippen LogP) is 6.74. The molecular weight excluding hydrogens is 473 g/mol. The number of benzene rings is 2. The van der Waals surface area contributed by atoms with Crippen LogP contribution in [-0.2, 0) is 6.18 Å². The van der Waals surface area contributed by atoms with E-state index in [-0.39, 0.29) is 17.1 Å². The number of nitrogens with one attached hydrogen (secondary N) is 1. The van der Waals surface area contributed by atoms with Gasteiger partial charge in [0, 0.05) is 31.5 Å². The molecule has 1 aliphatic heterocycles. The summed E-state index contributed by atoms with van der Waals surface area (Å²) in [5.74, 6) is -1.24. The van der Waals surface area contributed by atoms with Crippen LogP contribution in [0.3, 0.4) is 0 Å². The molecule has 5 nitrogen and oxygen atoms in total. The number of hydrogen-bond acceptors (Lipinski definition) is 5. The van der Waals surface area contributed by atoms with E-state index in [1.807, 2.05) is 0 Å². The monoisotopic (exact) mass is 485 g/mol. The highest BCUT2D eigenvalue weighted by atomic mass is 35.5. The maximum absolute atomic E-state index is 12.9. The number of rotatable bonds is 5. The van der Waals surface area contributed by atoms with E-state index in [1.165, 1.54) is 17.8 Å². The molecule has 0 aliphatic carbocycles. The molecule has 2 N–H and O–H groups in total. The summed E-state index contributed by atoms with van der Waals surface area (Å²) in [6.45, 7) is -0.151. The van der Waals surface area contributed by atoms with Gasteiger partial charge in [0.25, 0.3) is 0 Å². The summed E-state index contributed by atoms with van der Waals surface area (Å²) in [6.07, 6.45) is -4.46. The number of nitroso groups, excluding NO2 is 1. The van der Waals surface area contributed by atoms with E-state index in [2.05, 4.69) is 5.32 Å². The van der Waals surface area contributed by atoms with Crippen molar-refractivity contribution in [3.63, 3.8) is 0 Å². The number of thioether (sulfide) groups is 1. The van der Waals surface area contributed by atoms with Gasteiger partial charge in [-0.2, -0.15) is 13.2 Å². The number of carboxylic acid groups (broad SMARTS) is 1. The molecular formula is C20H13ClF3N2O3S2+. The first-order valence-electron chi connectivity index (χ1n) is 8.83. The molecule has 0 amide bonds. The molecule has 0 radical (unpaired) electrons. The van der Waals surface area contributed by atoms with Crippen LogP contribution in [0.4, 0.5) is 23.9 Å². The lowest BCUT2D eigenvalue weighted by Gasteiger charge is -2.08. The van der Waals surface area contributed by atoms with E-state index in [0.717, 1.165) is 23.5 Å². The summed E-state index contributed by atoms with van der Waals surface area (Å²) in [4.78, 5) is 25.3. The average Bonchev–Trinajstić information content (AvgIpc) is 3.31. The van der Waals surface area contributed by atoms with Gasteiger partial charge >= 0.3 is 17.1 Å². The second-order valence-corrected chi connectivity index (χ2v) is 9.20. The quantitative estimate of drug-likeness (QED) is 0.392. The Morgan fingerprint density at radius 3 is 2.55 bits per heavy atom. The fraction of sp³-hybridized carbons (Fsp3) is 0.150. The van der Waals surface area contributed by atoms with E-state index < -0.39 is 23.1 Å². The van der Waals surface area contributed by atoms with Crippen LogP contribution >= 0.6 is 34.7 Å². The van der Waals surface area contributed by atoms with Crippen molar-refractivity contribution < 1.29 is 27.8 Å². The van der Waals surface area contributed by atoms with Gasteiger partial charge in [-0.15, -0.1) is 0 Å². The molecule has 1 unspecified atom stereocenters. The zero-order chi connectivity index (χ0) is 22.3. The van der Waals surface area contributed by atoms with Crippen LogP contribution in [0.1, 0.15) is 15.9 Å². The number of alkyl halides is 3. The summed E-state index contributed by atoms with van der Waals surface area (Å²) in [6, 6.07) is 9.94. The van der Waals surface area contributed by atoms with Gasteiger partial charge < -0.3 is 10.4 Å². The van der Waals surface area contributed by atoms with Gasteiger partial charge in [0.2, 0.25) is 6.54 Å². The molecule has 0 bridgehead atoms. The number of aromatic carboxylic acids is 1. The number of halogens is 4. The van der Waals surface area contributed by atoms with Crippen LogP contribution in [-0.4, -0.2) is 27.8 Å². The molecule has 11 heteroatoms. The SMILES string of the molecule is O=C(O)c1c(-c2ccc(Cl)cc2)csc1[N+](=O)CC1Nc2cc(C(F)(F)F)ccc2S1. The van der Waals surface area contributed by atoms with Gasteiger partial charge in [-0.3, -0.25) is 0 Å². The van der Waals surface area contributed by atoms with Crippen LogP contribution in [0.5, 0.6) is 0 Å². The molecule has 160 valence electrons. The minimum Gasteiger partial charge on any atom is -0.477 e. The first-order chi connectivity index (χ1) is 14.6. The van der Waals surface area contributed by atoms with Crippen molar-refractivity contribution in [2.75, 3.05) is 11.9 Å². The molecule has 1 aliphatic rings. The standard InChI is InChI=1S/C20H12ClF3N2O3S2/c21-12-4-1-10(2-5-12)13-9-30-18(17(13)19(27)28)26(29)8-16-25-14-7-11(20(22,23)24)3-6-15(14)31-16/h1-7,9,16,25H,8H2/p+1. The minimum atomic E-state index is -4.46. The van der Waals surface area contributed by atoms with E-state index in [9.17, 15) is 28.0 Å². The largest absolute Gasteiger partial charge is 0.477 e. The number of anilines is 1. The Kier molecular flexibility index (Phi) is 5.71. The van der Waals surface area contributed by atoms with Crippen molar-refractivity contribution in [3.05, 3.63) is 68.9 Å². The second kappa shape index (κ2) is 8.18. The Bertz CT molecular complexity index is 1180. The smallest absolute Gasteiger partial charge is 0.416 e. The van der Waals surface area contributed by atoms with Gasteiger partial charge in [-0.25, -0.2) is 4.79 Å². The highest BCUT2D eigenvalue weighted by Gasteiger charge is 2.36. The minimum absolute atomic E-state index is 0.0202. The molecule has 0 saturated carbocycles. The number of carboxylic acids is 1. The van der Waals surface area contributed by atoms with Gasteiger partial charge in [0.05, 0.1) is 10.3 Å². The molecule has 3 aromatic rings. The van der Waals surface area contributed by atoms with Crippen molar-refractivity contribution >= 4 is 51.4 Å². The summed E-state index contributed by atoms with van der Waals surface area (Å²) < 4.78 is 39.3. The van der Waals surface area contributed by atoms with Gasteiger partial charge in [0.15, 0.2) is 5.56 Å². The van der Waals surface area contributed by atoms with Crippen LogP contribution in [0.2, 0.25) is 5.02 Å². The van der Waals surface area contributed by atoms with Crippen molar-refractivity contribution in [2.45, 2.75) is 16.4 Å². The highest BCUT2D eigenvalue weighted by Crippen LogP contribution is 2.43. The fourth-order valence-electron chi connectivity index (χ4n) is 3.17. The maximum Gasteiger partial charge on any atom is 0.416 e. The Hall–Kier alpha value is -2.56. The zero-order valence-corrected chi connectivity index (χ0v) is 17.8. The highest BCUT2D eigenvalue weighted by molar-refractivity contribution is 8.00. The Morgan fingerprint density at radius 2 is 1.90 bits per heavy atom. The molecule has 4 rings (SSSR count). The lowest BCUT2D eigenvalue weighted by Crippen LogP contribution is -2.22. The van der Waals surface area contributed by atoms with Gasteiger partial charge in [-0.1, -0.05) is 46.8 Å². The molecule has 0 spiro atoms. The van der Waals surface area contributed by atoms with Gasteiger partial charge in [-0.05, 0) is 35.9 Å². The van der Waals surface area contributed by atoms with Crippen LogP contribution < -0.4 is 5.32 Å². The van der Waals surface area contributed by atoms with Crippen LogP contribution in [0.25, 0.3) is 11.1 Å². The number of thiophene rings is 1. The average molecular weight is 486 g/mol. The zero-order valence-electron chi connectivity index (χ0n) is 15.4. The Morgan fingerprint density at radius 1 is 1.19 bits per heavy atom. The molecule has 0 saturated heterocycles. The Labute approximate surface area is 187 Å². The molecule has 0 fully saturated rings. The molecule has 2 heterocycles. The molecule has 1 atom stereocenters. The lowest BCUT2D eigenvalue weighted by atomic mass is 10.0. The fourth-order valence-corrected chi connectivity index (χ4v) is 5.38. The first-order valence-corrected chi connectivity index (χ1v) is 11.0. The number of carbonyl (C=O) groups is 1. The number of nitrogens with zero attached hydrogens (tertiary/aromatic N) is 1. The maximum atomic E-state index is 12.9. The lowest BCUT2D eigenvalue weighted by molar-refractivity contribution is -0.457. The normalized spacial score (nSPS) is 15.4. The summed E-state index contributed by atoms with van der Waals surface area (Å²) >= 11 is 8.10. The van der Waals surface area contributed by atoms with Crippen molar-refractivity contribution in [1.82, 2.24) is 0 Å². The second-order valence-electron chi connectivity index (χ2n) is 6.66. The summed E-state index contributed by atoms with van der Waals surface area (Å²) in [5, 5.41) is 14.2. The molecule has 31 heavy (non-hydrogen) atoms. The van der Waals surface area contributed by atoms with Crippen molar-refractivity contribution in [3.8, 4) is 11.1 Å². The third-order valence-corrected chi connectivity index (χ3v) is 6.99. The number of hydrogen-bond donors (Lipinski definition) is 2. The summed E-state index contributed by atoms with van der Waals surface area (Å²) in [5.41, 5.74) is 0.401. The topological polar surface area (TPSA) is 69.4 Å². The molecule has 1 aromatic heterocycles. The van der Waals surface area contributed by atoms with Crippen molar-refractivity contribution in [1.29, 1.82) is 0 Å². The van der Waals surface area contributed by atoms with Crippen LogP contribution in [0.15, 0.2) is 52.7 Å². The van der Waals surface area contributed by atoms with Crippen LogP contribution in [0, 0.1) is 4.91 Å². The van der Waals surface area contributed by atoms with Crippen molar-refractivity contribution in [2.24, 2.45) is 0 Å². The third kappa shape index (κ3) is 4.41. The van der Waals surface area contributed by atoms with E-state index in [1.54, 1.807) is 29.6 Å². The van der Waals surface area contributed by atoms with E-state index in [0.29, 0.717) is 31.5 Å². The first kappa shape index (κ1) is 21.7. The van der Waals surface area contributed by atoms with E-state index >= 15 is 0 Å². The summed E-state index contributed by atoms with van der Waals surface area (Å²) in [7, 11) is 0.